The topological polar surface area (TPSA) is 55.4 Å². The molecule has 0 amide bonds. The third kappa shape index (κ3) is 4.53. The van der Waals surface area contributed by atoms with Gasteiger partial charge in [0.2, 0.25) is 10.0 Å². The van der Waals surface area contributed by atoms with Gasteiger partial charge in [-0.3, -0.25) is 4.72 Å². The smallest absolute Gasteiger partial charge is 0.235 e. The van der Waals surface area contributed by atoms with Crippen molar-refractivity contribution < 1.29 is 13.2 Å². The first-order valence-corrected chi connectivity index (χ1v) is 7.27. The lowest BCUT2D eigenvalue weighted by molar-refractivity contribution is 0.217. The first kappa shape index (κ1) is 14.3. The van der Waals surface area contributed by atoms with Gasteiger partial charge in [-0.2, -0.15) is 0 Å². The van der Waals surface area contributed by atoms with Gasteiger partial charge in [-0.25, -0.2) is 8.42 Å². The Bertz CT molecular complexity index is 460. The fourth-order valence-electron chi connectivity index (χ4n) is 1.35. The minimum atomic E-state index is -3.39. The van der Waals surface area contributed by atoms with Crippen molar-refractivity contribution in [3.63, 3.8) is 0 Å². The number of hydrogen-bond donors (Lipinski definition) is 1. The van der Waals surface area contributed by atoms with Gasteiger partial charge in [-0.05, 0) is 18.6 Å². The molecule has 0 aliphatic carbocycles. The van der Waals surface area contributed by atoms with Gasteiger partial charge in [0.25, 0.3) is 0 Å². The Morgan fingerprint density at radius 1 is 1.41 bits per heavy atom. The van der Waals surface area contributed by atoms with Crippen LogP contribution in [0.15, 0.2) is 24.3 Å². The number of nitrogens with one attached hydrogen (secondary N) is 1. The molecule has 1 aromatic carbocycles. The molecule has 17 heavy (non-hydrogen) atoms. The lowest BCUT2D eigenvalue weighted by atomic mass is 10.1. The van der Waals surface area contributed by atoms with Gasteiger partial charge in [0, 0.05) is 7.11 Å². The van der Waals surface area contributed by atoms with Crippen molar-refractivity contribution >= 4 is 27.3 Å². The molecule has 0 aliphatic rings. The zero-order chi connectivity index (χ0) is 12.9. The summed E-state index contributed by atoms with van der Waals surface area (Å²) in [5.41, 5.74) is 1.28. The Balaban J connectivity index is 2.88. The summed E-state index contributed by atoms with van der Waals surface area (Å²) in [6, 6.07) is 7.07. The van der Waals surface area contributed by atoms with Crippen LogP contribution in [0.1, 0.15) is 17.9 Å². The van der Waals surface area contributed by atoms with E-state index in [-0.39, 0.29) is 17.7 Å². The van der Waals surface area contributed by atoms with E-state index < -0.39 is 10.0 Å². The van der Waals surface area contributed by atoms with Crippen molar-refractivity contribution in [1.29, 1.82) is 0 Å². The van der Waals surface area contributed by atoms with Crippen molar-refractivity contribution in [3.8, 4) is 0 Å². The first-order chi connectivity index (χ1) is 7.96. The summed E-state index contributed by atoms with van der Waals surface area (Å²) in [6.07, 6.45) is 0. The molecule has 0 saturated heterocycles. The fraction of sp³-hybridized carbons (Fsp3) is 0.455. The van der Waals surface area contributed by atoms with Crippen LogP contribution in [0.25, 0.3) is 0 Å². The summed E-state index contributed by atoms with van der Waals surface area (Å²) in [4.78, 5) is 0. The molecular formula is C11H16ClNO3S. The quantitative estimate of drug-likeness (QED) is 0.812. The summed E-state index contributed by atoms with van der Waals surface area (Å²) < 4.78 is 30.7. The standard InChI is InChI=1S/C11H16ClNO3S/c1-9(12)10-5-3-4-6-11(10)13-17(14,15)8-7-16-2/h3-6,9,13H,7-8H2,1-2H3. The largest absolute Gasteiger partial charge is 0.384 e. The highest BCUT2D eigenvalue weighted by atomic mass is 35.5. The number of hydrogen-bond acceptors (Lipinski definition) is 3. The molecule has 0 radical (unpaired) electrons. The second-order valence-corrected chi connectivity index (χ2v) is 6.11. The molecule has 1 rings (SSSR count). The molecule has 0 saturated carbocycles. The van der Waals surface area contributed by atoms with Gasteiger partial charge >= 0.3 is 0 Å². The van der Waals surface area contributed by atoms with Gasteiger partial charge in [0.15, 0.2) is 0 Å². The molecule has 96 valence electrons. The molecule has 4 nitrogen and oxygen atoms in total. The maximum Gasteiger partial charge on any atom is 0.235 e. The van der Waals surface area contributed by atoms with Crippen LogP contribution >= 0.6 is 11.6 Å². The summed E-state index contributed by atoms with van der Waals surface area (Å²) in [5, 5.41) is -0.253. The van der Waals surface area contributed by atoms with Crippen LogP contribution in [0.2, 0.25) is 0 Å². The third-order valence-corrected chi connectivity index (χ3v) is 3.68. The predicted molar refractivity (Wildman–Crippen MR) is 70.0 cm³/mol. The van der Waals surface area contributed by atoms with Crippen molar-refractivity contribution in [3.05, 3.63) is 29.8 Å². The molecule has 1 unspecified atom stereocenters. The van der Waals surface area contributed by atoms with E-state index in [9.17, 15) is 8.42 Å². The molecular weight excluding hydrogens is 262 g/mol. The van der Waals surface area contributed by atoms with Crippen molar-refractivity contribution in [2.75, 3.05) is 24.2 Å². The summed E-state index contributed by atoms with van der Waals surface area (Å²) in [6.45, 7) is 1.96. The highest BCUT2D eigenvalue weighted by Gasteiger charge is 2.14. The highest BCUT2D eigenvalue weighted by Crippen LogP contribution is 2.27. The SMILES string of the molecule is COCCS(=O)(=O)Nc1ccccc1C(C)Cl. The average Bonchev–Trinajstić information content (AvgIpc) is 2.26. The molecule has 0 aliphatic heterocycles. The fourth-order valence-corrected chi connectivity index (χ4v) is 2.55. The molecule has 1 atom stereocenters. The van der Waals surface area contributed by atoms with Crippen LogP contribution in [0, 0.1) is 0 Å². The monoisotopic (exact) mass is 277 g/mol. The van der Waals surface area contributed by atoms with Crippen LogP contribution < -0.4 is 4.72 Å². The number of benzene rings is 1. The van der Waals surface area contributed by atoms with Crippen molar-refractivity contribution in [1.82, 2.24) is 0 Å². The number of ether oxygens (including phenoxy) is 1. The number of anilines is 1. The lowest BCUT2D eigenvalue weighted by Crippen LogP contribution is -2.20. The van der Waals surface area contributed by atoms with Gasteiger partial charge in [-0.15, -0.1) is 11.6 Å². The first-order valence-electron chi connectivity index (χ1n) is 5.18. The van der Waals surface area contributed by atoms with E-state index in [0.29, 0.717) is 5.69 Å². The van der Waals surface area contributed by atoms with E-state index in [0.717, 1.165) is 5.56 Å². The Morgan fingerprint density at radius 3 is 2.65 bits per heavy atom. The molecule has 0 spiro atoms. The zero-order valence-electron chi connectivity index (χ0n) is 9.81. The van der Waals surface area contributed by atoms with E-state index in [1.165, 1.54) is 7.11 Å². The van der Waals surface area contributed by atoms with Gasteiger partial charge in [0.1, 0.15) is 0 Å². The van der Waals surface area contributed by atoms with E-state index in [1.807, 2.05) is 6.07 Å². The van der Waals surface area contributed by atoms with E-state index in [2.05, 4.69) is 4.72 Å². The Hall–Kier alpha value is -0.780. The molecule has 0 aromatic heterocycles. The van der Waals surface area contributed by atoms with E-state index in [4.69, 9.17) is 16.3 Å². The second-order valence-electron chi connectivity index (χ2n) is 3.62. The Kier molecular flexibility index (Phi) is 5.24. The Morgan fingerprint density at radius 2 is 2.06 bits per heavy atom. The number of methoxy groups -OCH3 is 1. The number of alkyl halides is 1. The predicted octanol–water partition coefficient (Wildman–Crippen LogP) is 2.37. The van der Waals surface area contributed by atoms with Crippen LogP contribution in [-0.4, -0.2) is 27.9 Å². The number of sulfonamides is 1. The summed E-state index contributed by atoms with van der Waals surface area (Å²) >= 11 is 5.98. The maximum atomic E-state index is 11.7. The van der Waals surface area contributed by atoms with Gasteiger partial charge in [0.05, 0.1) is 23.4 Å². The molecule has 0 bridgehead atoms. The molecule has 0 fully saturated rings. The van der Waals surface area contributed by atoms with Crippen LogP contribution in [0.3, 0.4) is 0 Å². The molecule has 1 aromatic rings. The number of rotatable bonds is 6. The normalized spacial score (nSPS) is 13.4. The molecule has 6 heteroatoms. The van der Waals surface area contributed by atoms with Crippen molar-refractivity contribution in [2.45, 2.75) is 12.3 Å². The van der Waals surface area contributed by atoms with Crippen LogP contribution in [0.4, 0.5) is 5.69 Å². The van der Waals surface area contributed by atoms with Crippen molar-refractivity contribution in [2.24, 2.45) is 0 Å². The van der Waals surface area contributed by atoms with Gasteiger partial charge in [-0.1, -0.05) is 18.2 Å². The molecule has 1 N–H and O–H groups in total. The average molecular weight is 278 g/mol. The minimum absolute atomic E-state index is 0.0749. The van der Waals surface area contributed by atoms with Gasteiger partial charge < -0.3 is 4.74 Å². The van der Waals surface area contributed by atoms with Crippen LogP contribution in [-0.2, 0) is 14.8 Å². The number of halogens is 1. The summed E-state index contributed by atoms with van der Waals surface area (Å²) in [5.74, 6) is -0.0749. The Labute approximate surface area is 107 Å². The highest BCUT2D eigenvalue weighted by molar-refractivity contribution is 7.92. The molecule has 0 heterocycles. The van der Waals surface area contributed by atoms with E-state index >= 15 is 0 Å². The van der Waals surface area contributed by atoms with Crippen LogP contribution in [0.5, 0.6) is 0 Å². The second kappa shape index (κ2) is 6.23. The third-order valence-electron chi connectivity index (χ3n) is 2.21. The minimum Gasteiger partial charge on any atom is -0.384 e. The maximum absolute atomic E-state index is 11.7. The lowest BCUT2D eigenvalue weighted by Gasteiger charge is -2.13. The van der Waals surface area contributed by atoms with E-state index in [1.54, 1.807) is 25.1 Å². The number of para-hydroxylation sites is 1. The summed E-state index contributed by atoms with van der Waals surface area (Å²) in [7, 11) is -1.92. The zero-order valence-corrected chi connectivity index (χ0v) is 11.4.